The van der Waals surface area contributed by atoms with E-state index in [4.69, 9.17) is 16.2 Å². The Bertz CT molecular complexity index is 559. The van der Waals surface area contributed by atoms with Crippen molar-refractivity contribution in [1.82, 2.24) is 15.6 Å². The van der Waals surface area contributed by atoms with E-state index in [1.807, 2.05) is 0 Å². The van der Waals surface area contributed by atoms with Crippen molar-refractivity contribution in [2.24, 2.45) is 16.5 Å². The van der Waals surface area contributed by atoms with Crippen molar-refractivity contribution < 1.29 is 14.3 Å². The number of aliphatic imine (C=N–C) groups is 1. The highest BCUT2D eigenvalue weighted by Gasteiger charge is 2.16. The molecule has 10 heteroatoms. The van der Waals surface area contributed by atoms with Gasteiger partial charge in [0.05, 0.1) is 12.2 Å². The second kappa shape index (κ2) is 7.59. The molecule has 6 N–H and O–H groups in total. The highest BCUT2D eigenvalue weighted by atomic mass is 32.1. The first-order chi connectivity index (χ1) is 10.2. The van der Waals surface area contributed by atoms with E-state index >= 15 is 0 Å². The van der Waals surface area contributed by atoms with Gasteiger partial charge in [-0.3, -0.25) is 4.79 Å². The summed E-state index contributed by atoms with van der Waals surface area (Å²) in [6, 6.07) is 0. The molecule has 0 radical (unpaired) electrons. The fourth-order valence-corrected chi connectivity index (χ4v) is 1.96. The van der Waals surface area contributed by atoms with Crippen LogP contribution in [-0.2, 0) is 16.1 Å². The third-order valence-electron chi connectivity index (χ3n) is 2.02. The zero-order valence-electron chi connectivity index (χ0n) is 12.7. The number of aromatic nitrogens is 1. The van der Waals surface area contributed by atoms with E-state index in [1.54, 1.807) is 26.2 Å². The van der Waals surface area contributed by atoms with Crippen LogP contribution in [0.4, 0.5) is 9.93 Å². The monoisotopic (exact) mass is 328 g/mol. The van der Waals surface area contributed by atoms with Gasteiger partial charge >= 0.3 is 6.09 Å². The number of carbonyl (C=O) groups excluding carboxylic acids is 2. The van der Waals surface area contributed by atoms with Crippen molar-refractivity contribution in [2.75, 3.05) is 6.54 Å². The molecular formula is C12H20N6O3S. The van der Waals surface area contributed by atoms with Gasteiger partial charge in [0.2, 0.25) is 11.0 Å². The van der Waals surface area contributed by atoms with Gasteiger partial charge in [-0.25, -0.2) is 9.78 Å². The number of ether oxygens (including phenoxy) is 1. The van der Waals surface area contributed by atoms with Crippen LogP contribution >= 0.6 is 11.3 Å². The van der Waals surface area contributed by atoms with Gasteiger partial charge < -0.3 is 26.8 Å². The van der Waals surface area contributed by atoms with Crippen LogP contribution in [0.25, 0.3) is 0 Å². The van der Waals surface area contributed by atoms with Gasteiger partial charge in [-0.2, -0.15) is 4.99 Å². The molecule has 0 aliphatic rings. The average Bonchev–Trinajstić information content (AvgIpc) is 2.78. The maximum absolute atomic E-state index is 11.6. The van der Waals surface area contributed by atoms with Crippen LogP contribution in [0.1, 0.15) is 26.5 Å². The number of rotatable bonds is 5. The van der Waals surface area contributed by atoms with Gasteiger partial charge in [0, 0.05) is 5.38 Å². The SMILES string of the molecule is CC(C)(C)OC(=O)NCC(=O)NCc1csc(N=C(N)N)n1. The van der Waals surface area contributed by atoms with E-state index in [0.717, 1.165) is 0 Å². The molecule has 1 rings (SSSR count). The van der Waals surface area contributed by atoms with Crippen molar-refractivity contribution in [3.63, 3.8) is 0 Å². The number of alkyl carbamates (subject to hydrolysis) is 1. The number of nitrogens with zero attached hydrogens (tertiary/aromatic N) is 2. The number of carbonyl (C=O) groups is 2. The van der Waals surface area contributed by atoms with E-state index in [0.29, 0.717) is 10.8 Å². The van der Waals surface area contributed by atoms with Crippen molar-refractivity contribution in [3.05, 3.63) is 11.1 Å². The molecule has 1 heterocycles. The molecule has 1 aromatic rings. The van der Waals surface area contributed by atoms with Gasteiger partial charge in [0.1, 0.15) is 12.1 Å². The summed E-state index contributed by atoms with van der Waals surface area (Å²) in [7, 11) is 0. The first-order valence-corrected chi connectivity index (χ1v) is 7.31. The van der Waals surface area contributed by atoms with Crippen LogP contribution in [-0.4, -0.2) is 35.1 Å². The molecule has 0 aliphatic heterocycles. The summed E-state index contributed by atoms with van der Waals surface area (Å²) in [5.74, 6) is -0.436. The molecule has 9 nitrogen and oxygen atoms in total. The lowest BCUT2D eigenvalue weighted by molar-refractivity contribution is -0.120. The van der Waals surface area contributed by atoms with Gasteiger partial charge in [-0.1, -0.05) is 0 Å². The van der Waals surface area contributed by atoms with Crippen LogP contribution < -0.4 is 22.1 Å². The summed E-state index contributed by atoms with van der Waals surface area (Å²) in [6.45, 7) is 5.25. The number of thiazole rings is 1. The lowest BCUT2D eigenvalue weighted by Crippen LogP contribution is -2.39. The third kappa shape index (κ3) is 7.43. The van der Waals surface area contributed by atoms with Gasteiger partial charge in [0.15, 0.2) is 5.96 Å². The Labute approximate surface area is 132 Å². The van der Waals surface area contributed by atoms with Crippen LogP contribution in [0.5, 0.6) is 0 Å². The fourth-order valence-electron chi connectivity index (χ4n) is 1.26. The van der Waals surface area contributed by atoms with E-state index in [-0.39, 0.29) is 25.0 Å². The second-order valence-electron chi connectivity index (χ2n) is 5.29. The van der Waals surface area contributed by atoms with Crippen LogP contribution in [0.2, 0.25) is 0 Å². The largest absolute Gasteiger partial charge is 0.444 e. The number of guanidine groups is 1. The molecule has 0 unspecified atom stereocenters. The number of amides is 2. The zero-order valence-corrected chi connectivity index (χ0v) is 13.5. The lowest BCUT2D eigenvalue weighted by atomic mass is 10.2. The molecule has 0 saturated heterocycles. The summed E-state index contributed by atoms with van der Waals surface area (Å²) in [4.78, 5) is 30.9. The molecular weight excluding hydrogens is 308 g/mol. The average molecular weight is 328 g/mol. The standard InChI is InChI=1S/C12H20N6O3S/c1-12(2,3)21-11(20)16-5-8(19)15-4-7-6-22-10(17-7)18-9(13)14/h6H,4-5H2,1-3H3,(H,15,19)(H,16,20)(H4,13,14,17,18). The molecule has 0 spiro atoms. The van der Waals surface area contributed by atoms with Crippen molar-refractivity contribution in [1.29, 1.82) is 0 Å². The highest BCUT2D eigenvalue weighted by Crippen LogP contribution is 2.18. The number of nitrogens with one attached hydrogen (secondary N) is 2. The summed E-state index contributed by atoms with van der Waals surface area (Å²) < 4.78 is 5.01. The minimum Gasteiger partial charge on any atom is -0.444 e. The Kier molecular flexibility index (Phi) is 6.11. The fraction of sp³-hybridized carbons (Fsp3) is 0.500. The molecule has 22 heavy (non-hydrogen) atoms. The zero-order chi connectivity index (χ0) is 16.8. The van der Waals surface area contributed by atoms with Crippen LogP contribution in [0.15, 0.2) is 10.4 Å². The van der Waals surface area contributed by atoms with Crippen molar-refractivity contribution >= 4 is 34.4 Å². The lowest BCUT2D eigenvalue weighted by Gasteiger charge is -2.19. The number of hydrogen-bond acceptors (Lipinski definition) is 6. The molecule has 0 fully saturated rings. The topological polar surface area (TPSA) is 145 Å². The Morgan fingerprint density at radius 1 is 1.36 bits per heavy atom. The van der Waals surface area contributed by atoms with E-state index in [9.17, 15) is 9.59 Å². The quantitative estimate of drug-likeness (QED) is 0.448. The number of nitrogens with two attached hydrogens (primary N) is 2. The first-order valence-electron chi connectivity index (χ1n) is 6.43. The van der Waals surface area contributed by atoms with E-state index in [2.05, 4.69) is 20.6 Å². The van der Waals surface area contributed by atoms with E-state index in [1.165, 1.54) is 11.3 Å². The normalized spacial score (nSPS) is 10.7. The predicted molar refractivity (Wildman–Crippen MR) is 83.7 cm³/mol. The Balaban J connectivity index is 2.33. The highest BCUT2D eigenvalue weighted by molar-refractivity contribution is 7.13. The molecule has 0 aliphatic carbocycles. The third-order valence-corrected chi connectivity index (χ3v) is 2.81. The molecule has 0 atom stereocenters. The minimum atomic E-state index is -0.647. The summed E-state index contributed by atoms with van der Waals surface area (Å²) in [6.07, 6.45) is -0.647. The number of hydrogen-bond donors (Lipinski definition) is 4. The summed E-state index contributed by atoms with van der Waals surface area (Å²) in [5.41, 5.74) is 10.5. The van der Waals surface area contributed by atoms with Crippen molar-refractivity contribution in [2.45, 2.75) is 32.9 Å². The Hall–Kier alpha value is -2.36. The summed E-state index contributed by atoms with van der Waals surface area (Å²) in [5, 5.41) is 7.11. The summed E-state index contributed by atoms with van der Waals surface area (Å²) >= 11 is 1.25. The van der Waals surface area contributed by atoms with Crippen LogP contribution in [0.3, 0.4) is 0 Å². The van der Waals surface area contributed by atoms with Gasteiger partial charge in [-0.05, 0) is 20.8 Å². The second-order valence-corrected chi connectivity index (χ2v) is 6.13. The minimum absolute atomic E-state index is 0.0773. The molecule has 0 saturated carbocycles. The molecule has 1 aromatic heterocycles. The molecule has 2 amide bonds. The molecule has 0 bridgehead atoms. The smallest absolute Gasteiger partial charge is 0.408 e. The first kappa shape index (κ1) is 17.7. The maximum atomic E-state index is 11.6. The molecule has 122 valence electrons. The van der Waals surface area contributed by atoms with Crippen molar-refractivity contribution in [3.8, 4) is 0 Å². The predicted octanol–water partition coefficient (Wildman–Crippen LogP) is 0.189. The Morgan fingerprint density at radius 3 is 2.64 bits per heavy atom. The van der Waals surface area contributed by atoms with E-state index < -0.39 is 11.7 Å². The molecule has 0 aromatic carbocycles. The van der Waals surface area contributed by atoms with Crippen LogP contribution in [0, 0.1) is 0 Å². The van der Waals surface area contributed by atoms with Gasteiger partial charge in [0.25, 0.3) is 0 Å². The maximum Gasteiger partial charge on any atom is 0.408 e. The Morgan fingerprint density at radius 2 is 2.05 bits per heavy atom. The van der Waals surface area contributed by atoms with Gasteiger partial charge in [-0.15, -0.1) is 11.3 Å².